The first kappa shape index (κ1) is 36.9. The van der Waals surface area contributed by atoms with Gasteiger partial charge in [0.15, 0.2) is 5.96 Å². The lowest BCUT2D eigenvalue weighted by Gasteiger charge is -2.41. The number of nitrogens with one attached hydrogen (secondary N) is 3. The second-order valence-corrected chi connectivity index (χ2v) is 13.0. The molecule has 0 bridgehead atoms. The highest BCUT2D eigenvalue weighted by Gasteiger charge is 2.46. The van der Waals surface area contributed by atoms with E-state index in [-0.39, 0.29) is 68.0 Å². The van der Waals surface area contributed by atoms with Crippen LogP contribution in [0.1, 0.15) is 53.4 Å². The smallest absolute Gasteiger partial charge is 0.328 e. The Bertz CT molecular complexity index is 1170. The molecule has 7 N–H and O–H groups in total. The van der Waals surface area contributed by atoms with Gasteiger partial charge in [-0.2, -0.15) is 12.6 Å². The van der Waals surface area contributed by atoms with Crippen molar-refractivity contribution in [3.63, 3.8) is 0 Å². The van der Waals surface area contributed by atoms with Crippen LogP contribution >= 0.6 is 12.6 Å². The Kier molecular flexibility index (Phi) is 13.5. The summed E-state index contributed by atoms with van der Waals surface area (Å²) < 4.78 is 4.95. The number of cyclic esters (lactones) is 1. The van der Waals surface area contributed by atoms with Gasteiger partial charge < -0.3 is 37.1 Å². The Hall–Kier alpha value is -3.60. The fraction of sp³-hybridized carbons (Fsp3) is 0.759. The molecule has 3 aliphatic rings. The van der Waals surface area contributed by atoms with Crippen molar-refractivity contribution in [1.29, 1.82) is 0 Å². The number of aliphatic imine (C=N–C) groups is 1. The van der Waals surface area contributed by atoms with Crippen LogP contribution in [0.5, 0.6) is 0 Å². The Morgan fingerprint density at radius 3 is 2.24 bits per heavy atom. The van der Waals surface area contributed by atoms with Gasteiger partial charge in [-0.15, -0.1) is 0 Å². The number of carbonyl (C=O) groups excluding carboxylic acids is 6. The molecule has 258 valence electrons. The summed E-state index contributed by atoms with van der Waals surface area (Å²) in [5.74, 6) is -2.28. The molecular weight excluding hydrogens is 618 g/mol. The first-order valence-corrected chi connectivity index (χ1v) is 16.5. The first-order chi connectivity index (χ1) is 21.7. The largest absolute Gasteiger partial charge is 0.464 e. The number of imide groups is 1. The number of guanidine groups is 1. The second kappa shape index (κ2) is 16.8. The predicted molar refractivity (Wildman–Crippen MR) is 172 cm³/mol. The van der Waals surface area contributed by atoms with E-state index in [1.165, 1.54) is 0 Å². The van der Waals surface area contributed by atoms with E-state index in [9.17, 15) is 28.8 Å². The van der Waals surface area contributed by atoms with Gasteiger partial charge in [-0.05, 0) is 31.1 Å². The van der Waals surface area contributed by atoms with Gasteiger partial charge in [0.25, 0.3) is 5.91 Å². The lowest BCUT2D eigenvalue weighted by atomic mass is 9.99. The number of nitrogens with two attached hydrogens (primary N) is 2. The SMILES string of the molecule is CC(C)C[C@H](C(=O)N[C@@H](CCCN=C(N)N)C(=O)NC1CCOC1=O)N1CCN(C(=O)[C@@H](CS)N2C(=O)NC(C(C)C)C2=O)CC1. The number of urea groups is 1. The average molecular weight is 668 g/mol. The van der Waals surface area contributed by atoms with Crippen molar-refractivity contribution >= 4 is 54.2 Å². The van der Waals surface area contributed by atoms with Crippen molar-refractivity contribution < 1.29 is 33.5 Å². The molecule has 0 aromatic carbocycles. The van der Waals surface area contributed by atoms with E-state index < -0.39 is 54.0 Å². The fourth-order valence-electron chi connectivity index (χ4n) is 5.80. The maximum absolute atomic E-state index is 13.8. The number of nitrogens with zero attached hydrogens (tertiary/aromatic N) is 4. The van der Waals surface area contributed by atoms with Gasteiger partial charge in [0, 0.05) is 44.9 Å². The molecule has 0 aromatic rings. The molecule has 3 fully saturated rings. The van der Waals surface area contributed by atoms with Gasteiger partial charge in [0.1, 0.15) is 24.2 Å². The number of carbonyl (C=O) groups is 6. The van der Waals surface area contributed by atoms with E-state index in [1.54, 1.807) is 4.90 Å². The van der Waals surface area contributed by atoms with Crippen molar-refractivity contribution in [1.82, 2.24) is 30.7 Å². The van der Waals surface area contributed by atoms with Crippen LogP contribution in [0.4, 0.5) is 4.79 Å². The normalized spacial score (nSPS) is 22.4. The molecule has 0 spiro atoms. The molecule has 0 radical (unpaired) electrons. The molecule has 3 aliphatic heterocycles. The summed E-state index contributed by atoms with van der Waals surface area (Å²) in [4.78, 5) is 86.5. The van der Waals surface area contributed by atoms with Gasteiger partial charge >= 0.3 is 12.0 Å². The fourth-order valence-corrected chi connectivity index (χ4v) is 6.12. The summed E-state index contributed by atoms with van der Waals surface area (Å²) in [5, 5.41) is 8.22. The standard InChI is InChI=1S/C29H49N9O7S/c1-16(2)14-20(24(40)33-18(6-5-8-32-28(30)31)23(39)34-19-7-13-45-27(19)43)36-9-11-37(12-10-36)25(41)21(15-46)38-26(42)22(17(3)4)35-29(38)44/h16-22,46H,5-15H2,1-4H3,(H,33,40)(H,34,39)(H,35,44)(H4,30,31,32)/t18-,19?,20+,21+,22?/m0/s1. The summed E-state index contributed by atoms with van der Waals surface area (Å²) in [6.45, 7) is 9.36. The molecule has 0 aromatic heterocycles. The number of ether oxygens (including phenoxy) is 1. The van der Waals surface area contributed by atoms with Crippen molar-refractivity contribution in [2.75, 3.05) is 45.1 Å². The molecule has 3 rings (SSSR count). The Morgan fingerprint density at radius 2 is 1.72 bits per heavy atom. The highest BCUT2D eigenvalue weighted by Crippen LogP contribution is 2.21. The van der Waals surface area contributed by atoms with Crippen LogP contribution in [0.2, 0.25) is 0 Å². The number of thiol groups is 1. The van der Waals surface area contributed by atoms with E-state index in [4.69, 9.17) is 16.2 Å². The zero-order valence-electron chi connectivity index (χ0n) is 27.1. The zero-order chi connectivity index (χ0) is 34.1. The number of piperazine rings is 1. The maximum atomic E-state index is 13.8. The molecule has 17 heteroatoms. The van der Waals surface area contributed by atoms with Crippen LogP contribution in [-0.4, -0.2) is 132 Å². The van der Waals surface area contributed by atoms with Crippen LogP contribution in [0, 0.1) is 11.8 Å². The Morgan fingerprint density at radius 1 is 1.04 bits per heavy atom. The number of hydrogen-bond donors (Lipinski definition) is 6. The van der Waals surface area contributed by atoms with E-state index in [1.807, 2.05) is 32.6 Å². The maximum Gasteiger partial charge on any atom is 0.328 e. The molecule has 5 atom stereocenters. The van der Waals surface area contributed by atoms with Crippen LogP contribution in [0.15, 0.2) is 4.99 Å². The summed E-state index contributed by atoms with van der Waals surface area (Å²) in [6, 6.07) is -4.66. The van der Waals surface area contributed by atoms with Gasteiger partial charge in [0.05, 0.1) is 12.6 Å². The molecule has 0 saturated carbocycles. The molecule has 0 aliphatic carbocycles. The molecule has 46 heavy (non-hydrogen) atoms. The third-order valence-corrected chi connectivity index (χ3v) is 8.68. The van der Waals surface area contributed by atoms with E-state index >= 15 is 0 Å². The highest BCUT2D eigenvalue weighted by molar-refractivity contribution is 7.80. The van der Waals surface area contributed by atoms with Crippen LogP contribution in [0.3, 0.4) is 0 Å². The summed E-state index contributed by atoms with van der Waals surface area (Å²) >= 11 is 4.29. The van der Waals surface area contributed by atoms with Crippen molar-refractivity contribution in [2.45, 2.75) is 83.6 Å². The Balaban J connectivity index is 1.68. The van der Waals surface area contributed by atoms with Crippen molar-refractivity contribution in [3.05, 3.63) is 0 Å². The summed E-state index contributed by atoms with van der Waals surface area (Å²) in [5.41, 5.74) is 10.8. The molecule has 2 unspecified atom stereocenters. The van der Waals surface area contributed by atoms with Crippen LogP contribution in [0.25, 0.3) is 0 Å². The van der Waals surface area contributed by atoms with Gasteiger partial charge in [-0.25, -0.2) is 14.5 Å². The predicted octanol–water partition coefficient (Wildman–Crippen LogP) is -1.61. The molecule has 16 nitrogen and oxygen atoms in total. The van der Waals surface area contributed by atoms with Gasteiger partial charge in [-0.3, -0.25) is 29.1 Å². The van der Waals surface area contributed by atoms with Crippen LogP contribution < -0.4 is 27.4 Å². The minimum Gasteiger partial charge on any atom is -0.464 e. The second-order valence-electron chi connectivity index (χ2n) is 12.6. The van der Waals surface area contributed by atoms with Crippen molar-refractivity contribution in [2.24, 2.45) is 28.3 Å². The molecular formula is C29H49N9O7S. The third kappa shape index (κ3) is 9.47. The highest BCUT2D eigenvalue weighted by atomic mass is 32.1. The van der Waals surface area contributed by atoms with E-state index in [0.29, 0.717) is 32.4 Å². The van der Waals surface area contributed by atoms with Gasteiger partial charge in [0.2, 0.25) is 17.7 Å². The minimum absolute atomic E-state index is 0.0212. The number of esters is 1. The number of amides is 6. The van der Waals surface area contributed by atoms with E-state index in [2.05, 4.69) is 33.6 Å². The minimum atomic E-state index is -1.05. The molecule has 6 amide bonds. The van der Waals surface area contributed by atoms with Crippen LogP contribution in [-0.2, 0) is 28.7 Å². The lowest BCUT2D eigenvalue weighted by molar-refractivity contribution is -0.143. The number of hydrogen-bond acceptors (Lipinski definition) is 10. The van der Waals surface area contributed by atoms with E-state index in [0.717, 1.165) is 4.90 Å². The first-order valence-electron chi connectivity index (χ1n) is 15.8. The molecule has 3 heterocycles. The molecule has 3 saturated heterocycles. The summed E-state index contributed by atoms with van der Waals surface area (Å²) in [6.07, 6.45) is 1.48. The van der Waals surface area contributed by atoms with Crippen molar-refractivity contribution in [3.8, 4) is 0 Å². The Labute approximate surface area is 275 Å². The average Bonchev–Trinajstić information content (AvgIpc) is 3.54. The van der Waals surface area contributed by atoms with Gasteiger partial charge in [-0.1, -0.05) is 27.7 Å². The number of rotatable bonds is 15. The monoisotopic (exact) mass is 667 g/mol. The third-order valence-electron chi connectivity index (χ3n) is 8.33. The quantitative estimate of drug-likeness (QED) is 0.0293. The topological polar surface area (TPSA) is 222 Å². The zero-order valence-corrected chi connectivity index (χ0v) is 28.0. The summed E-state index contributed by atoms with van der Waals surface area (Å²) in [7, 11) is 0. The lowest BCUT2D eigenvalue weighted by Crippen LogP contribution is -2.61.